The number of halogens is 1. The first-order valence-corrected chi connectivity index (χ1v) is 11.2. The Bertz CT molecular complexity index is 1250. The molecule has 33 heavy (non-hydrogen) atoms. The van der Waals surface area contributed by atoms with Gasteiger partial charge in [-0.2, -0.15) is 0 Å². The zero-order valence-electron chi connectivity index (χ0n) is 18.2. The van der Waals surface area contributed by atoms with Gasteiger partial charge in [-0.25, -0.2) is 0 Å². The summed E-state index contributed by atoms with van der Waals surface area (Å²) in [6, 6.07) is 12.6. The molecule has 2 aromatic rings. The summed E-state index contributed by atoms with van der Waals surface area (Å²) < 4.78 is 0. The molecule has 0 radical (unpaired) electrons. The lowest BCUT2D eigenvalue weighted by Crippen LogP contribution is -2.29. The second kappa shape index (κ2) is 9.39. The summed E-state index contributed by atoms with van der Waals surface area (Å²) in [7, 11) is 3.96. The van der Waals surface area contributed by atoms with E-state index in [4.69, 9.17) is 23.8 Å². The van der Waals surface area contributed by atoms with Crippen LogP contribution in [0.4, 0.5) is 5.69 Å². The Balaban J connectivity index is 1.58. The molecule has 1 aliphatic heterocycles. The smallest absolute Gasteiger partial charge is 0.263 e. The highest BCUT2D eigenvalue weighted by Crippen LogP contribution is 2.31. The van der Waals surface area contributed by atoms with Gasteiger partial charge >= 0.3 is 0 Å². The van der Waals surface area contributed by atoms with Gasteiger partial charge in [0.25, 0.3) is 17.7 Å². The van der Waals surface area contributed by atoms with Crippen molar-refractivity contribution in [3.05, 3.63) is 87.5 Å². The molecule has 1 aliphatic carbocycles. The van der Waals surface area contributed by atoms with Crippen molar-refractivity contribution in [2.24, 2.45) is 0 Å². The maximum absolute atomic E-state index is 13.2. The number of benzene rings is 2. The van der Waals surface area contributed by atoms with E-state index in [-0.39, 0.29) is 34.8 Å². The number of fused-ring (bicyclic) bond motifs is 1. The fourth-order valence-electron chi connectivity index (χ4n) is 3.91. The molecule has 4 rings (SSSR count). The topological polar surface area (TPSA) is 69.7 Å². The van der Waals surface area contributed by atoms with Crippen molar-refractivity contribution in [3.8, 4) is 0 Å². The molecule has 0 atom stereocenters. The summed E-state index contributed by atoms with van der Waals surface area (Å²) in [6.07, 6.45) is 3.64. The van der Waals surface area contributed by atoms with Crippen molar-refractivity contribution in [1.82, 2.24) is 9.80 Å². The van der Waals surface area contributed by atoms with Crippen LogP contribution in [-0.2, 0) is 17.9 Å². The molecular weight excluding hydrogens is 458 g/mol. The van der Waals surface area contributed by atoms with Gasteiger partial charge in [-0.15, -0.1) is 0 Å². The van der Waals surface area contributed by atoms with Crippen LogP contribution in [0.5, 0.6) is 0 Å². The van der Waals surface area contributed by atoms with Crippen LogP contribution in [0.25, 0.3) is 0 Å². The highest BCUT2D eigenvalue weighted by atomic mass is 35.5. The molecule has 8 heteroatoms. The molecule has 0 saturated heterocycles. The number of anilines is 1. The number of thiocarbonyl (C=S) groups is 1. The molecule has 3 amide bonds. The zero-order valence-corrected chi connectivity index (χ0v) is 19.8. The number of hydrogen-bond acceptors (Lipinski definition) is 5. The highest BCUT2D eigenvalue weighted by Gasteiger charge is 2.38. The summed E-state index contributed by atoms with van der Waals surface area (Å²) in [5.74, 6) is -1.29. The minimum atomic E-state index is -0.463. The highest BCUT2D eigenvalue weighted by molar-refractivity contribution is 7.81. The summed E-state index contributed by atoms with van der Waals surface area (Å²) in [5, 5.41) is 3.17. The predicted octanol–water partition coefficient (Wildman–Crippen LogP) is 4.31. The van der Waals surface area contributed by atoms with E-state index in [0.717, 1.165) is 17.7 Å². The van der Waals surface area contributed by atoms with E-state index in [1.807, 2.05) is 43.3 Å². The van der Waals surface area contributed by atoms with Crippen molar-refractivity contribution in [3.63, 3.8) is 0 Å². The molecule has 0 aromatic heterocycles. The second-order valence-corrected chi connectivity index (χ2v) is 9.14. The zero-order chi connectivity index (χ0) is 23.7. The lowest BCUT2D eigenvalue weighted by atomic mass is 10.0. The van der Waals surface area contributed by atoms with Gasteiger partial charge in [0.15, 0.2) is 0 Å². The lowest BCUT2D eigenvalue weighted by Gasteiger charge is -2.16. The van der Waals surface area contributed by atoms with Crippen molar-refractivity contribution in [2.45, 2.75) is 19.5 Å². The number of allylic oxidation sites excluding steroid dienone is 3. The number of nitrogens with one attached hydrogen (secondary N) is 1. The van der Waals surface area contributed by atoms with E-state index in [1.165, 1.54) is 11.0 Å². The first kappa shape index (κ1) is 23.0. The molecule has 2 aliphatic rings. The Kier molecular flexibility index (Phi) is 6.56. The van der Waals surface area contributed by atoms with Crippen LogP contribution in [0.15, 0.2) is 65.2 Å². The molecule has 0 saturated carbocycles. The van der Waals surface area contributed by atoms with E-state index in [2.05, 4.69) is 5.32 Å². The number of hydrogen-bond donors (Lipinski definition) is 1. The molecule has 6 nitrogen and oxygen atoms in total. The maximum atomic E-state index is 13.2. The average Bonchev–Trinajstić information content (AvgIpc) is 3.01. The van der Waals surface area contributed by atoms with Gasteiger partial charge in [-0.1, -0.05) is 60.2 Å². The van der Waals surface area contributed by atoms with Crippen molar-refractivity contribution < 1.29 is 14.4 Å². The fourth-order valence-corrected chi connectivity index (χ4v) is 4.34. The van der Waals surface area contributed by atoms with E-state index in [0.29, 0.717) is 16.3 Å². The summed E-state index contributed by atoms with van der Waals surface area (Å²) >= 11 is 11.3. The van der Waals surface area contributed by atoms with Crippen LogP contribution in [0.3, 0.4) is 0 Å². The molecular formula is C25H22ClN3O3S. The van der Waals surface area contributed by atoms with Crippen LogP contribution in [0.2, 0.25) is 0 Å². The van der Waals surface area contributed by atoms with E-state index in [1.54, 1.807) is 24.3 Å². The number of nitrogens with zero attached hydrogens (tertiary/aromatic N) is 2. The van der Waals surface area contributed by atoms with Gasteiger partial charge < -0.3 is 10.2 Å². The predicted molar refractivity (Wildman–Crippen MR) is 132 cm³/mol. The van der Waals surface area contributed by atoms with Gasteiger partial charge in [0.05, 0.1) is 28.9 Å². The SMILES string of the molecule is CN(C)Cc1cccc(CN2C(=O)c3cccc(NC(=O)C4=CC(Cl)=CCC4=S)c3C2=O)c1. The Hall–Kier alpha value is -3.13. The Morgan fingerprint density at radius 2 is 1.85 bits per heavy atom. The van der Waals surface area contributed by atoms with Crippen LogP contribution in [0, 0.1) is 0 Å². The molecule has 168 valence electrons. The van der Waals surface area contributed by atoms with Gasteiger partial charge in [-0.05, 0) is 43.4 Å². The van der Waals surface area contributed by atoms with Gasteiger partial charge in [0.1, 0.15) is 0 Å². The van der Waals surface area contributed by atoms with Crippen molar-refractivity contribution in [2.75, 3.05) is 19.4 Å². The normalized spacial score (nSPS) is 15.5. The molecule has 1 N–H and O–H groups in total. The number of amides is 3. The Labute approximate surface area is 202 Å². The van der Waals surface area contributed by atoms with Crippen LogP contribution in [-0.4, -0.2) is 46.5 Å². The number of carbonyl (C=O) groups excluding carboxylic acids is 3. The summed E-state index contributed by atoms with van der Waals surface area (Å²) in [4.78, 5) is 42.8. The number of carbonyl (C=O) groups is 3. The minimum absolute atomic E-state index is 0.149. The molecule has 0 fully saturated rings. The quantitative estimate of drug-likeness (QED) is 0.494. The Morgan fingerprint density at radius 1 is 1.12 bits per heavy atom. The minimum Gasteiger partial charge on any atom is -0.321 e. The van der Waals surface area contributed by atoms with Gasteiger partial charge in [0, 0.05) is 22.9 Å². The number of imide groups is 1. The van der Waals surface area contributed by atoms with Crippen LogP contribution >= 0.6 is 23.8 Å². The van der Waals surface area contributed by atoms with Crippen molar-refractivity contribution >= 4 is 52.1 Å². The van der Waals surface area contributed by atoms with E-state index < -0.39 is 11.8 Å². The third kappa shape index (κ3) is 4.80. The standard InChI is InChI=1S/C25H22ClN3O3S/c1-28(2)13-15-5-3-6-16(11-15)14-29-24(31)18-7-4-8-20(22(18)25(29)32)27-23(30)19-12-17(26)9-10-21(19)33/h3-9,11-12H,10,13-14H2,1-2H3,(H,27,30). The monoisotopic (exact) mass is 479 g/mol. The molecule has 0 bridgehead atoms. The largest absolute Gasteiger partial charge is 0.321 e. The maximum Gasteiger partial charge on any atom is 0.263 e. The molecule has 0 spiro atoms. The first-order chi connectivity index (χ1) is 15.7. The third-order valence-corrected chi connectivity index (χ3v) is 6.04. The number of rotatable bonds is 6. The fraction of sp³-hybridized carbons (Fsp3) is 0.200. The lowest BCUT2D eigenvalue weighted by molar-refractivity contribution is -0.112. The molecule has 1 heterocycles. The summed E-state index contributed by atoms with van der Waals surface area (Å²) in [6.45, 7) is 0.902. The van der Waals surface area contributed by atoms with Crippen molar-refractivity contribution in [1.29, 1.82) is 0 Å². The Morgan fingerprint density at radius 3 is 2.61 bits per heavy atom. The van der Waals surface area contributed by atoms with E-state index >= 15 is 0 Å². The first-order valence-electron chi connectivity index (χ1n) is 10.4. The molecule has 0 unspecified atom stereocenters. The summed E-state index contributed by atoms with van der Waals surface area (Å²) in [5.41, 5.74) is 2.94. The van der Waals surface area contributed by atoms with Gasteiger partial charge in [0.2, 0.25) is 0 Å². The third-order valence-electron chi connectivity index (χ3n) is 5.39. The van der Waals surface area contributed by atoms with E-state index in [9.17, 15) is 14.4 Å². The second-order valence-electron chi connectivity index (χ2n) is 8.21. The molecule has 2 aromatic carbocycles. The average molecular weight is 480 g/mol. The van der Waals surface area contributed by atoms with Gasteiger partial charge in [-0.3, -0.25) is 19.3 Å². The van der Waals surface area contributed by atoms with Crippen LogP contribution < -0.4 is 5.32 Å². The van der Waals surface area contributed by atoms with Crippen LogP contribution in [0.1, 0.15) is 38.3 Å².